The second-order valence-corrected chi connectivity index (χ2v) is 35.9. The lowest BCUT2D eigenvalue weighted by Crippen LogP contribution is -2.61. The molecule has 3 aliphatic heterocycles. The second-order valence-electron chi connectivity index (χ2n) is 34.9. The Morgan fingerprint density at radius 1 is 0.547 bits per heavy atom. The van der Waals surface area contributed by atoms with E-state index in [2.05, 4.69) is 68.1 Å². The van der Waals surface area contributed by atoms with Gasteiger partial charge in [-0.1, -0.05) is 88.1 Å². The van der Waals surface area contributed by atoms with E-state index < -0.39 is 286 Å². The number of amides is 17. The van der Waals surface area contributed by atoms with E-state index in [-0.39, 0.29) is 81.5 Å². The van der Waals surface area contributed by atoms with Crippen molar-refractivity contribution in [1.82, 2.24) is 97.2 Å². The van der Waals surface area contributed by atoms with E-state index in [9.17, 15) is 78.3 Å². The van der Waals surface area contributed by atoms with Crippen LogP contribution in [-0.4, -0.2) is 338 Å². The van der Waals surface area contributed by atoms with Crippen molar-refractivity contribution in [2.75, 3.05) is 65.4 Å². The van der Waals surface area contributed by atoms with E-state index >= 15 is 38.4 Å². The van der Waals surface area contributed by atoms with Crippen molar-refractivity contribution in [3.05, 3.63) is 120 Å². The van der Waals surface area contributed by atoms with Crippen LogP contribution in [0.15, 0.2) is 97.7 Å². The Hall–Kier alpha value is -14.1. The Bertz CT molecular complexity index is 5400. The highest BCUT2D eigenvalue weighted by atomic mass is 32.2. The van der Waals surface area contributed by atoms with Gasteiger partial charge in [-0.05, 0) is 106 Å². The normalized spacial score (nSPS) is 24.4. The number of aromatic nitrogens is 4. The number of aliphatic hydroxyl groups is 2. The lowest BCUT2D eigenvalue weighted by molar-refractivity contribution is -0.149. The minimum Gasteiger partial charge on any atom is -0.508 e. The topological polar surface area (TPSA) is 689 Å². The minimum atomic E-state index is -2.01. The summed E-state index contributed by atoms with van der Waals surface area (Å²) >= 11 is 0.755. The van der Waals surface area contributed by atoms with Gasteiger partial charge in [0, 0.05) is 125 Å². The third-order valence-electron chi connectivity index (χ3n) is 24.7. The Balaban J connectivity index is 1.12. The number of phenols is 1. The van der Waals surface area contributed by atoms with Gasteiger partial charge in [-0.3, -0.25) is 91.1 Å². The number of hydrogen-bond donors (Lipinski definition) is 20. The molecule has 47 heteroatoms. The molecule has 3 aromatic heterocycles. The summed E-state index contributed by atoms with van der Waals surface area (Å²) in [6.45, 7) is 1.68. The first kappa shape index (κ1) is 109. The van der Waals surface area contributed by atoms with Crippen molar-refractivity contribution in [2.24, 2.45) is 17.2 Å². The highest BCUT2D eigenvalue weighted by Crippen LogP contribution is 2.29. The summed E-state index contributed by atoms with van der Waals surface area (Å²) in [7, 11) is 3.79. The number of nitrogens with zero attached hydrogens (tertiary/aromatic N) is 7. The molecule has 754 valence electrons. The van der Waals surface area contributed by atoms with E-state index in [0.717, 1.165) is 36.3 Å². The highest BCUT2D eigenvalue weighted by molar-refractivity contribution is 8.00. The van der Waals surface area contributed by atoms with Crippen molar-refractivity contribution in [1.29, 1.82) is 0 Å². The van der Waals surface area contributed by atoms with Crippen LogP contribution in [0, 0.1) is 0 Å². The number of aliphatic carboxylic acids is 2. The summed E-state index contributed by atoms with van der Waals surface area (Å²) in [5.74, 6) is -21.2. The van der Waals surface area contributed by atoms with E-state index in [0.29, 0.717) is 58.6 Å². The van der Waals surface area contributed by atoms with E-state index in [1.807, 2.05) is 13.8 Å². The predicted octanol–water partition coefficient (Wildman–Crippen LogP) is -3.69. The maximum atomic E-state index is 15.9. The van der Waals surface area contributed by atoms with Crippen LogP contribution in [0.3, 0.4) is 0 Å². The van der Waals surface area contributed by atoms with Crippen molar-refractivity contribution in [3.8, 4) is 5.75 Å². The largest absolute Gasteiger partial charge is 0.508 e. The number of H-pyrrole nitrogens is 2. The van der Waals surface area contributed by atoms with Crippen molar-refractivity contribution in [3.63, 3.8) is 0 Å². The third kappa shape index (κ3) is 30.2. The molecule has 0 spiro atoms. The molecule has 6 aromatic rings. The molecular weight excluding hydrogens is 1830 g/mol. The highest BCUT2D eigenvalue weighted by Gasteiger charge is 2.47. The summed E-state index contributed by atoms with van der Waals surface area (Å²) < 4.78 is 1.39. The van der Waals surface area contributed by atoms with Gasteiger partial charge >= 0.3 is 11.9 Å². The molecule has 0 aliphatic carbocycles. The number of phenolic OH excluding ortho intramolecular Hbond substituents is 1. The first-order valence-electron chi connectivity index (χ1n) is 46.1. The smallest absolute Gasteiger partial charge is 0.323 e. The fourth-order valence-corrected chi connectivity index (χ4v) is 17.9. The number of unbranched alkanes of at least 4 members (excludes halogenated alkanes) is 3. The summed E-state index contributed by atoms with van der Waals surface area (Å²) in [6, 6.07) is -4.42. The van der Waals surface area contributed by atoms with Gasteiger partial charge in [0.15, 0.2) is 0 Å². The molecule has 0 unspecified atom stereocenters. The lowest BCUT2D eigenvalue weighted by Gasteiger charge is -2.36. The number of rotatable bonds is 29. The number of carbonyl (C=O) groups excluding carboxylic acids is 17. The van der Waals surface area contributed by atoms with Crippen LogP contribution in [-0.2, 0) is 123 Å². The average Bonchev–Trinajstić information content (AvgIpc) is 1.65. The zero-order valence-corrected chi connectivity index (χ0v) is 79.1. The number of carboxylic acid groups (broad SMARTS) is 2. The first-order valence-corrected chi connectivity index (χ1v) is 47.2. The lowest BCUT2D eigenvalue weighted by atomic mass is 10.00. The molecule has 23 N–H and O–H groups in total. The van der Waals surface area contributed by atoms with Gasteiger partial charge in [-0.2, -0.15) is 0 Å². The van der Waals surface area contributed by atoms with Gasteiger partial charge in [-0.25, -0.2) is 4.98 Å². The zero-order chi connectivity index (χ0) is 102. The van der Waals surface area contributed by atoms with Crippen LogP contribution >= 0.6 is 11.8 Å². The number of aliphatic hydroxyl groups excluding tert-OH is 2. The number of aromatic amines is 2. The standard InChI is InChI=1S/C92H126N22O24S/c1-7-9-22-70-85(131)101-60(21-15-16-32-93)81(127)108-68(80(126)98-42-75(95)119)47-139-48-76(120)100-64(34-51-26-28-55(116)29-27-51)88(134)109(4)50(3)79(125)105-66(39-74(94)118)91(137)113-33-17-25-71(113)86(132)104-63(37-54-41-96-49-99-54)83(129)102-61(30-31-77(121)122)90(136)114-44-56(117)38-73(114)87(133)103-62(35-52-40-97-59-20-13-11-18-57(52)59)82(128)107-67(46-115)84(130)106-65(89(135)111(6)72(23-10-8-2)92(138)110(70)5)36-53-43-112(45-78(123)124)69-24-14-12-19-58(53)69/h11-14,18-20,24,26-29,40-41,43,49-50,56,60-68,70-73,97,115-117H,7-10,15-17,21-23,25,30-39,42,44-48,93H2,1-6H3,(H2,94,118)(H2,95,119)(H,96,99)(H,98,126)(H,100,120)(H,101,131)(H,102,129)(H,103,133)(H,104,132)(H,105,125)(H,106,130)(H,107,128)(H,108,127)(H,121,122)(H,123,124)/t50-,56+,60-,61-,62-,63-,64-,65-,66-,67-,68-,70-,71-,72-,73-/m0/s1. The van der Waals surface area contributed by atoms with Crippen molar-refractivity contribution in [2.45, 2.75) is 240 Å². The number of carboxylic acids is 2. The number of carbonyl (C=O) groups is 19. The molecule has 46 nitrogen and oxygen atoms in total. The summed E-state index contributed by atoms with van der Waals surface area (Å²) in [5.41, 5.74) is 19.3. The molecule has 15 atom stereocenters. The van der Waals surface area contributed by atoms with E-state index in [1.54, 1.807) is 48.5 Å². The molecule has 0 radical (unpaired) electrons. The molecule has 0 saturated carbocycles. The fraction of sp³-hybridized carbons (Fsp3) is 0.522. The van der Waals surface area contributed by atoms with Crippen LogP contribution in [0.25, 0.3) is 21.8 Å². The number of hydrogen-bond acceptors (Lipinski definition) is 25. The van der Waals surface area contributed by atoms with Crippen LogP contribution < -0.4 is 70.4 Å². The van der Waals surface area contributed by atoms with E-state index in [4.69, 9.17) is 17.2 Å². The van der Waals surface area contributed by atoms with Crippen LogP contribution in [0.4, 0.5) is 0 Å². The molecule has 17 amide bonds. The van der Waals surface area contributed by atoms with Gasteiger partial charge in [0.05, 0.1) is 37.8 Å². The maximum absolute atomic E-state index is 15.9. The number of nitrogens with one attached hydrogen (secondary N) is 12. The number of para-hydroxylation sites is 2. The Morgan fingerprint density at radius 2 is 1.13 bits per heavy atom. The summed E-state index contributed by atoms with van der Waals surface area (Å²) in [4.78, 5) is 290. The molecule has 3 aromatic carbocycles. The first-order chi connectivity index (χ1) is 66.2. The van der Waals surface area contributed by atoms with Gasteiger partial charge in [0.2, 0.25) is 100 Å². The average molecular weight is 1960 g/mol. The maximum Gasteiger partial charge on any atom is 0.323 e. The molecule has 3 fully saturated rings. The van der Waals surface area contributed by atoms with Crippen molar-refractivity contribution < 1.29 is 117 Å². The number of imidazole rings is 1. The Labute approximate surface area is 804 Å². The number of thioether (sulfide) groups is 1. The number of primary amides is 2. The molecule has 0 bridgehead atoms. The predicted molar refractivity (Wildman–Crippen MR) is 502 cm³/mol. The van der Waals surface area contributed by atoms with Crippen LogP contribution in [0.1, 0.15) is 139 Å². The minimum absolute atomic E-state index is 0.0415. The number of likely N-dealkylation sites (N-methyl/N-ethyl adjacent to an activating group) is 3. The fourth-order valence-electron chi connectivity index (χ4n) is 17.0. The Kier molecular flexibility index (Phi) is 40.5. The number of nitrogens with two attached hydrogens (primary N) is 3. The molecule has 3 aliphatic rings. The third-order valence-corrected chi connectivity index (χ3v) is 25.8. The van der Waals surface area contributed by atoms with Gasteiger partial charge < -0.3 is 135 Å². The van der Waals surface area contributed by atoms with Crippen LogP contribution in [0.5, 0.6) is 5.75 Å². The molecule has 9 rings (SSSR count). The van der Waals surface area contributed by atoms with E-state index in [1.165, 1.54) is 81.8 Å². The number of aromatic hydroxyl groups is 1. The molecule has 139 heavy (non-hydrogen) atoms. The Morgan fingerprint density at radius 3 is 1.78 bits per heavy atom. The molecule has 3 saturated heterocycles. The molecule has 6 heterocycles. The molecular formula is C92H126N22O24S. The summed E-state index contributed by atoms with van der Waals surface area (Å²) in [5, 5.41) is 80.0. The monoisotopic (exact) mass is 1950 g/mol. The van der Waals surface area contributed by atoms with Gasteiger partial charge in [0.1, 0.15) is 96.9 Å². The SMILES string of the molecule is CCCC[C@H]1C(=O)N(C)[C@@H](CCCC)C(=O)N[C@@H](CCCCN)C(=O)N[C@H](C(=O)NCC(N)=O)CSCC(=O)N[C@@H](Cc2ccc(O)cc2)C(=O)N(C)[C@@H](C)C(=O)N[C@@H](CC(N)=O)C(=O)N2CCC[C@H]2C(=O)N[C@@H](Cc2cnc[nH]2)C(=O)N[C@@H](CCC(=O)O)C(=O)N2C[C@H](O)C[C@H]2C(=O)N[C@@H](Cc2c[nH]c3ccccc23)C(=O)N[C@@H](CO)C(=O)N[C@@H](Cc2cn(CC(=O)O)c3ccccc23)C(=O)N1C. The van der Waals surface area contributed by atoms with Crippen LogP contribution in [0.2, 0.25) is 0 Å². The number of fused-ring (bicyclic) bond motifs is 4. The van der Waals surface area contributed by atoms with Gasteiger partial charge in [-0.15, -0.1) is 11.8 Å². The van der Waals surface area contributed by atoms with Crippen molar-refractivity contribution >= 4 is 146 Å². The summed E-state index contributed by atoms with van der Waals surface area (Å²) in [6.07, 6.45) is 1.33. The quantitative estimate of drug-likeness (QED) is 0.0201. The number of benzene rings is 3. The second kappa shape index (κ2) is 51.9. The zero-order valence-electron chi connectivity index (χ0n) is 78.3. The van der Waals surface area contributed by atoms with Gasteiger partial charge in [0.25, 0.3) is 0 Å².